The molecule has 1 aromatic rings. The zero-order valence-corrected chi connectivity index (χ0v) is 9.43. The minimum absolute atomic E-state index is 0.405. The van der Waals surface area contributed by atoms with Crippen LogP contribution in [0.4, 0.5) is 0 Å². The highest BCUT2D eigenvalue weighted by molar-refractivity contribution is 6.32. The fraction of sp³-hybridized carbons (Fsp3) is 0.273. The summed E-state index contributed by atoms with van der Waals surface area (Å²) in [4.78, 5) is 11.0. The molecule has 0 saturated heterocycles. The Morgan fingerprint density at radius 1 is 1.53 bits per heavy atom. The van der Waals surface area contributed by atoms with Crippen LogP contribution in [0.1, 0.15) is 30.9 Å². The quantitative estimate of drug-likeness (QED) is 0.761. The Hall–Kier alpha value is -1.35. The summed E-state index contributed by atoms with van der Waals surface area (Å²) in [6, 6.07) is 5.19. The first-order valence-corrected chi connectivity index (χ1v) is 4.95. The largest absolute Gasteiger partial charge is 0.369 e. The van der Waals surface area contributed by atoms with Crippen molar-refractivity contribution in [1.82, 2.24) is 0 Å². The highest BCUT2D eigenvalue weighted by atomic mass is 35.5. The monoisotopic (exact) mass is 224 g/mol. The summed E-state index contributed by atoms with van der Waals surface area (Å²) >= 11 is 6.01. The first-order chi connectivity index (χ1) is 6.93. The molecule has 1 amide bonds. The molecule has 15 heavy (non-hydrogen) atoms. The topological polar surface area (TPSA) is 66.9 Å². The van der Waals surface area contributed by atoms with E-state index < -0.39 is 11.8 Å². The summed E-state index contributed by atoms with van der Waals surface area (Å²) in [6.45, 7) is 3.39. The number of halogens is 1. The molecule has 80 valence electrons. The fourth-order valence-corrected chi connectivity index (χ4v) is 1.61. The van der Waals surface area contributed by atoms with Gasteiger partial charge < -0.3 is 11.1 Å². The van der Waals surface area contributed by atoms with Crippen LogP contribution in [0.5, 0.6) is 0 Å². The predicted molar refractivity (Wildman–Crippen MR) is 61.6 cm³/mol. The van der Waals surface area contributed by atoms with E-state index in [1.165, 1.54) is 0 Å². The Bertz CT molecular complexity index is 415. The summed E-state index contributed by atoms with van der Waals surface area (Å²) in [6.07, 6.45) is 0. The zero-order chi connectivity index (χ0) is 11.6. The lowest BCUT2D eigenvalue weighted by Gasteiger charge is -2.10. The maximum atomic E-state index is 11.0. The SMILES string of the molecule is CC(=N)c1ccc(C(C)C(N)=O)c(Cl)c1. The lowest BCUT2D eigenvalue weighted by Crippen LogP contribution is -2.19. The molecule has 0 bridgehead atoms. The second kappa shape index (κ2) is 4.45. The van der Waals surface area contributed by atoms with Gasteiger partial charge in [0.2, 0.25) is 5.91 Å². The number of hydrogen-bond donors (Lipinski definition) is 2. The van der Waals surface area contributed by atoms with Gasteiger partial charge in [-0.05, 0) is 31.0 Å². The Morgan fingerprint density at radius 3 is 2.53 bits per heavy atom. The lowest BCUT2D eigenvalue weighted by molar-refractivity contribution is -0.119. The minimum Gasteiger partial charge on any atom is -0.369 e. The fourth-order valence-electron chi connectivity index (χ4n) is 1.26. The maximum absolute atomic E-state index is 11.0. The van der Waals surface area contributed by atoms with E-state index in [2.05, 4.69) is 0 Å². The molecule has 0 radical (unpaired) electrons. The molecule has 0 spiro atoms. The number of benzene rings is 1. The van der Waals surface area contributed by atoms with Crippen LogP contribution in [0.25, 0.3) is 0 Å². The van der Waals surface area contributed by atoms with Crippen molar-refractivity contribution < 1.29 is 4.79 Å². The molecule has 0 aromatic heterocycles. The number of hydrogen-bond acceptors (Lipinski definition) is 2. The van der Waals surface area contributed by atoms with Gasteiger partial charge in [-0.15, -0.1) is 0 Å². The number of amides is 1. The van der Waals surface area contributed by atoms with Crippen molar-refractivity contribution in [3.8, 4) is 0 Å². The van der Waals surface area contributed by atoms with Gasteiger partial charge in [0.1, 0.15) is 0 Å². The summed E-state index contributed by atoms with van der Waals surface area (Å²) in [7, 11) is 0. The number of nitrogens with one attached hydrogen (secondary N) is 1. The van der Waals surface area contributed by atoms with E-state index in [1.54, 1.807) is 32.0 Å². The van der Waals surface area contributed by atoms with Crippen LogP contribution in [0.3, 0.4) is 0 Å². The molecular formula is C11H13ClN2O. The molecule has 0 aliphatic heterocycles. The first-order valence-electron chi connectivity index (χ1n) is 4.57. The molecule has 0 fully saturated rings. The van der Waals surface area contributed by atoms with E-state index in [9.17, 15) is 4.79 Å². The summed E-state index contributed by atoms with van der Waals surface area (Å²) < 4.78 is 0. The van der Waals surface area contributed by atoms with Gasteiger partial charge in [-0.3, -0.25) is 4.79 Å². The van der Waals surface area contributed by atoms with Crippen molar-refractivity contribution in [1.29, 1.82) is 5.41 Å². The van der Waals surface area contributed by atoms with Gasteiger partial charge in [-0.2, -0.15) is 0 Å². The normalized spacial score (nSPS) is 12.2. The summed E-state index contributed by atoms with van der Waals surface area (Å²) in [5, 5.41) is 7.92. The van der Waals surface area contributed by atoms with Crippen LogP contribution >= 0.6 is 11.6 Å². The number of rotatable bonds is 3. The molecule has 1 rings (SSSR count). The highest BCUT2D eigenvalue weighted by Gasteiger charge is 2.15. The number of carbonyl (C=O) groups is 1. The zero-order valence-electron chi connectivity index (χ0n) is 8.67. The Labute approximate surface area is 93.7 Å². The van der Waals surface area contributed by atoms with Crippen LogP contribution in [0, 0.1) is 5.41 Å². The van der Waals surface area contributed by atoms with Crippen molar-refractivity contribution in [2.75, 3.05) is 0 Å². The molecule has 0 aliphatic rings. The van der Waals surface area contributed by atoms with Crippen LogP contribution in [-0.2, 0) is 4.79 Å². The van der Waals surface area contributed by atoms with Crippen molar-refractivity contribution in [2.24, 2.45) is 5.73 Å². The molecule has 3 N–H and O–H groups in total. The van der Waals surface area contributed by atoms with E-state index >= 15 is 0 Å². The third kappa shape index (κ3) is 2.57. The molecule has 0 heterocycles. The molecule has 3 nitrogen and oxygen atoms in total. The molecule has 1 unspecified atom stereocenters. The second-order valence-electron chi connectivity index (χ2n) is 3.49. The predicted octanol–water partition coefficient (Wildman–Crippen LogP) is 2.32. The van der Waals surface area contributed by atoms with Crippen LogP contribution in [0.15, 0.2) is 18.2 Å². The standard InChI is InChI=1S/C11H13ClN2O/c1-6(11(14)15)9-4-3-8(7(2)13)5-10(9)12/h3-6,13H,1-2H3,(H2,14,15). The molecule has 1 aromatic carbocycles. The van der Waals surface area contributed by atoms with E-state index in [0.717, 1.165) is 5.56 Å². The molecule has 0 saturated carbocycles. The Balaban J connectivity index is 3.13. The minimum atomic E-state index is -0.406. The van der Waals surface area contributed by atoms with Gasteiger partial charge >= 0.3 is 0 Å². The van der Waals surface area contributed by atoms with Gasteiger partial charge in [0.25, 0.3) is 0 Å². The molecule has 1 atom stereocenters. The van der Waals surface area contributed by atoms with Gasteiger partial charge in [0.15, 0.2) is 0 Å². The average molecular weight is 225 g/mol. The van der Waals surface area contributed by atoms with Gasteiger partial charge in [0, 0.05) is 10.7 Å². The van der Waals surface area contributed by atoms with Crippen molar-refractivity contribution in [2.45, 2.75) is 19.8 Å². The van der Waals surface area contributed by atoms with E-state index in [-0.39, 0.29) is 0 Å². The lowest BCUT2D eigenvalue weighted by atomic mass is 9.98. The van der Waals surface area contributed by atoms with Gasteiger partial charge in [-0.25, -0.2) is 0 Å². The van der Waals surface area contributed by atoms with E-state index in [4.69, 9.17) is 22.7 Å². The first kappa shape index (κ1) is 11.7. The van der Waals surface area contributed by atoms with E-state index in [1.807, 2.05) is 0 Å². The number of carbonyl (C=O) groups excluding carboxylic acids is 1. The molecular weight excluding hydrogens is 212 g/mol. The highest BCUT2D eigenvalue weighted by Crippen LogP contribution is 2.25. The summed E-state index contributed by atoms with van der Waals surface area (Å²) in [5.74, 6) is -0.811. The number of nitrogens with two attached hydrogens (primary N) is 1. The van der Waals surface area contributed by atoms with Crippen LogP contribution < -0.4 is 5.73 Å². The maximum Gasteiger partial charge on any atom is 0.224 e. The molecule has 0 aliphatic carbocycles. The van der Waals surface area contributed by atoms with Gasteiger partial charge in [-0.1, -0.05) is 23.7 Å². The van der Waals surface area contributed by atoms with Crippen LogP contribution in [0.2, 0.25) is 5.02 Å². The third-order valence-corrected chi connectivity index (χ3v) is 2.65. The Kier molecular flexibility index (Phi) is 3.48. The van der Waals surface area contributed by atoms with Crippen molar-refractivity contribution in [3.63, 3.8) is 0 Å². The van der Waals surface area contributed by atoms with Crippen molar-refractivity contribution in [3.05, 3.63) is 34.3 Å². The van der Waals surface area contributed by atoms with Crippen LogP contribution in [-0.4, -0.2) is 11.6 Å². The molecule has 4 heteroatoms. The van der Waals surface area contributed by atoms with E-state index in [0.29, 0.717) is 16.3 Å². The van der Waals surface area contributed by atoms with Crippen molar-refractivity contribution >= 4 is 23.2 Å². The smallest absolute Gasteiger partial charge is 0.224 e. The summed E-state index contributed by atoms with van der Waals surface area (Å²) in [5.41, 5.74) is 7.09. The Morgan fingerprint density at radius 2 is 2.13 bits per heavy atom. The number of primary amides is 1. The van der Waals surface area contributed by atoms with Gasteiger partial charge in [0.05, 0.1) is 5.92 Å². The second-order valence-corrected chi connectivity index (χ2v) is 3.89. The average Bonchev–Trinajstić information content (AvgIpc) is 2.16. The third-order valence-electron chi connectivity index (χ3n) is 2.33.